The van der Waals surface area contributed by atoms with Crippen molar-refractivity contribution >= 4 is 35.1 Å². The molecule has 0 amide bonds. The van der Waals surface area contributed by atoms with E-state index < -0.39 is 0 Å². The van der Waals surface area contributed by atoms with Crippen LogP contribution in [0.5, 0.6) is 0 Å². The Morgan fingerprint density at radius 2 is 1.78 bits per heavy atom. The molecule has 2 aromatic carbocycles. The predicted molar refractivity (Wildman–Crippen MR) is 79.6 cm³/mol. The molecule has 0 aliphatic rings. The summed E-state index contributed by atoms with van der Waals surface area (Å²) in [6, 6.07) is 11.5. The zero-order chi connectivity index (χ0) is 13.1. The van der Waals surface area contributed by atoms with Crippen LogP contribution >= 0.6 is 23.2 Å². The minimum absolute atomic E-state index is 0.607. The molecule has 92 valence electrons. The average Bonchev–Trinajstić information content (AvgIpc) is 2.30. The fourth-order valence-electron chi connectivity index (χ4n) is 1.70. The van der Waals surface area contributed by atoms with Crippen molar-refractivity contribution in [3.8, 4) is 0 Å². The van der Waals surface area contributed by atoms with Crippen LogP contribution in [0.1, 0.15) is 16.7 Å². The van der Waals surface area contributed by atoms with Gasteiger partial charge in [0.15, 0.2) is 0 Å². The van der Waals surface area contributed by atoms with Gasteiger partial charge in [-0.15, -0.1) is 0 Å². The lowest BCUT2D eigenvalue weighted by atomic mass is 10.1. The minimum atomic E-state index is 0.607. The van der Waals surface area contributed by atoms with E-state index in [2.05, 4.69) is 18.0 Å². The van der Waals surface area contributed by atoms with Gasteiger partial charge in [-0.2, -0.15) is 0 Å². The number of hydrogen-bond acceptors (Lipinski definition) is 1. The van der Waals surface area contributed by atoms with Crippen molar-refractivity contribution in [3.63, 3.8) is 0 Å². The Balaban J connectivity index is 2.30. The third-order valence-electron chi connectivity index (χ3n) is 2.66. The quantitative estimate of drug-likeness (QED) is 0.655. The van der Waals surface area contributed by atoms with Crippen molar-refractivity contribution in [1.82, 2.24) is 0 Å². The maximum atomic E-state index is 6.09. The molecule has 1 nitrogen and oxygen atoms in total. The van der Waals surface area contributed by atoms with Crippen LogP contribution in [0.3, 0.4) is 0 Å². The summed E-state index contributed by atoms with van der Waals surface area (Å²) in [5, 5.41) is 1.24. The second kappa shape index (κ2) is 5.55. The lowest BCUT2D eigenvalue weighted by Gasteiger charge is -2.02. The van der Waals surface area contributed by atoms with Crippen LogP contribution in [-0.4, -0.2) is 6.21 Å². The van der Waals surface area contributed by atoms with Gasteiger partial charge in [-0.3, -0.25) is 4.99 Å². The lowest BCUT2D eigenvalue weighted by Crippen LogP contribution is -1.84. The van der Waals surface area contributed by atoms with E-state index in [4.69, 9.17) is 23.2 Å². The summed E-state index contributed by atoms with van der Waals surface area (Å²) in [5.74, 6) is 0. The highest BCUT2D eigenvalue weighted by Gasteiger charge is 1.99. The van der Waals surface area contributed by atoms with Gasteiger partial charge in [0.05, 0.1) is 10.7 Å². The number of benzene rings is 2. The van der Waals surface area contributed by atoms with Gasteiger partial charge in [0.25, 0.3) is 0 Å². The second-order valence-corrected chi connectivity index (χ2v) is 5.06. The van der Waals surface area contributed by atoms with E-state index in [0.717, 1.165) is 16.8 Å². The fourth-order valence-corrected chi connectivity index (χ4v) is 2.15. The Kier molecular flexibility index (Phi) is 4.05. The first-order chi connectivity index (χ1) is 8.56. The largest absolute Gasteiger partial charge is 0.256 e. The molecule has 0 saturated carbocycles. The van der Waals surface area contributed by atoms with E-state index in [9.17, 15) is 0 Å². The molecular weight excluding hydrogens is 265 g/mol. The van der Waals surface area contributed by atoms with Gasteiger partial charge < -0.3 is 0 Å². The topological polar surface area (TPSA) is 12.4 Å². The fraction of sp³-hybridized carbons (Fsp3) is 0.133. The van der Waals surface area contributed by atoms with Crippen molar-refractivity contribution in [2.75, 3.05) is 0 Å². The maximum Gasteiger partial charge on any atom is 0.0659 e. The third kappa shape index (κ3) is 3.12. The predicted octanol–water partition coefficient (Wildman–Crippen LogP) is 5.36. The van der Waals surface area contributed by atoms with Crippen LogP contribution in [0, 0.1) is 13.8 Å². The summed E-state index contributed by atoms with van der Waals surface area (Å²) in [7, 11) is 0. The molecule has 3 heteroatoms. The Hall–Kier alpha value is -1.31. The number of nitrogens with zero attached hydrogens (tertiary/aromatic N) is 1. The molecule has 0 aromatic heterocycles. The summed E-state index contributed by atoms with van der Waals surface area (Å²) in [5.41, 5.74) is 4.19. The first-order valence-corrected chi connectivity index (χ1v) is 6.38. The number of aliphatic imine (C=N–C) groups is 1. The van der Waals surface area contributed by atoms with Crippen molar-refractivity contribution in [1.29, 1.82) is 0 Å². The Bertz CT molecular complexity index is 550. The summed E-state index contributed by atoms with van der Waals surface area (Å²) in [4.78, 5) is 4.46. The molecule has 2 rings (SSSR count). The van der Waals surface area contributed by atoms with Crippen LogP contribution in [0.2, 0.25) is 10.0 Å². The molecule has 0 aliphatic heterocycles. The van der Waals surface area contributed by atoms with Crippen molar-refractivity contribution in [3.05, 3.63) is 63.1 Å². The van der Waals surface area contributed by atoms with E-state index in [1.807, 2.05) is 25.1 Å². The monoisotopic (exact) mass is 277 g/mol. The van der Waals surface area contributed by atoms with Crippen LogP contribution in [-0.2, 0) is 0 Å². The zero-order valence-electron chi connectivity index (χ0n) is 10.2. The number of hydrogen-bond donors (Lipinski definition) is 0. The van der Waals surface area contributed by atoms with Gasteiger partial charge >= 0.3 is 0 Å². The van der Waals surface area contributed by atoms with E-state index >= 15 is 0 Å². The van der Waals surface area contributed by atoms with E-state index in [-0.39, 0.29) is 0 Å². The van der Waals surface area contributed by atoms with Crippen molar-refractivity contribution in [2.45, 2.75) is 13.8 Å². The molecule has 0 aliphatic carbocycles. The number of halogens is 2. The average molecular weight is 278 g/mol. The highest BCUT2D eigenvalue weighted by atomic mass is 35.5. The van der Waals surface area contributed by atoms with Crippen molar-refractivity contribution in [2.24, 2.45) is 4.99 Å². The Labute approximate surface area is 117 Å². The highest BCUT2D eigenvalue weighted by molar-refractivity contribution is 6.36. The summed E-state index contributed by atoms with van der Waals surface area (Å²) >= 11 is 11.9. The standard InChI is InChI=1S/C15H13Cl2N/c1-10-3-6-15(11(2)7-10)18-9-12-4-5-13(16)8-14(12)17/h3-9H,1-2H3. The molecule has 0 bridgehead atoms. The maximum absolute atomic E-state index is 6.09. The summed E-state index contributed by atoms with van der Waals surface area (Å²) in [6.07, 6.45) is 1.76. The number of rotatable bonds is 2. The van der Waals surface area contributed by atoms with Gasteiger partial charge in [0.1, 0.15) is 0 Å². The third-order valence-corrected chi connectivity index (χ3v) is 3.22. The van der Waals surface area contributed by atoms with E-state index in [1.54, 1.807) is 18.3 Å². The molecule has 18 heavy (non-hydrogen) atoms. The summed E-state index contributed by atoms with van der Waals surface area (Å²) in [6.45, 7) is 4.11. The first-order valence-electron chi connectivity index (χ1n) is 5.62. The van der Waals surface area contributed by atoms with Gasteiger partial charge in [0.2, 0.25) is 0 Å². The van der Waals surface area contributed by atoms with E-state index in [0.29, 0.717) is 10.0 Å². The molecule has 0 atom stereocenters. The molecule has 0 unspecified atom stereocenters. The zero-order valence-corrected chi connectivity index (χ0v) is 11.8. The second-order valence-electron chi connectivity index (χ2n) is 4.21. The minimum Gasteiger partial charge on any atom is -0.256 e. The normalized spacial score (nSPS) is 11.1. The molecule has 0 N–H and O–H groups in total. The van der Waals surface area contributed by atoms with E-state index in [1.165, 1.54) is 5.56 Å². The first kappa shape index (κ1) is 13.1. The van der Waals surface area contributed by atoms with Gasteiger partial charge in [0, 0.05) is 16.8 Å². The SMILES string of the molecule is Cc1ccc(N=Cc2ccc(Cl)cc2Cl)c(C)c1. The van der Waals surface area contributed by atoms with Crippen LogP contribution < -0.4 is 0 Å². The molecule has 0 fully saturated rings. The highest BCUT2D eigenvalue weighted by Crippen LogP contribution is 2.22. The Morgan fingerprint density at radius 3 is 2.44 bits per heavy atom. The lowest BCUT2D eigenvalue weighted by molar-refractivity contribution is 1.35. The van der Waals surface area contributed by atoms with Gasteiger partial charge in [-0.05, 0) is 37.6 Å². The molecular formula is C15H13Cl2N. The Morgan fingerprint density at radius 1 is 1.00 bits per heavy atom. The molecule has 0 heterocycles. The van der Waals surface area contributed by atoms with Crippen LogP contribution in [0.4, 0.5) is 5.69 Å². The summed E-state index contributed by atoms with van der Waals surface area (Å²) < 4.78 is 0. The van der Waals surface area contributed by atoms with Crippen LogP contribution in [0.15, 0.2) is 41.4 Å². The number of aryl methyl sites for hydroxylation is 2. The molecule has 0 saturated heterocycles. The molecule has 0 spiro atoms. The smallest absolute Gasteiger partial charge is 0.0659 e. The van der Waals surface area contributed by atoms with Crippen LogP contribution in [0.25, 0.3) is 0 Å². The van der Waals surface area contributed by atoms with Gasteiger partial charge in [-0.25, -0.2) is 0 Å². The van der Waals surface area contributed by atoms with Crippen molar-refractivity contribution < 1.29 is 0 Å². The van der Waals surface area contributed by atoms with Gasteiger partial charge in [-0.1, -0.05) is 47.0 Å². The molecule has 0 radical (unpaired) electrons. The molecule has 2 aromatic rings.